The van der Waals surface area contributed by atoms with Crippen LogP contribution in [0.2, 0.25) is 0 Å². The number of ether oxygens (including phenoxy) is 1. The lowest BCUT2D eigenvalue weighted by Gasteiger charge is -2.06. The molecule has 0 unspecified atom stereocenters. The minimum absolute atomic E-state index is 0.202. The average molecular weight is 505 g/mol. The Morgan fingerprint density at radius 1 is 0.865 bits per heavy atom. The number of rotatable bonds is 9. The molecule has 0 atom stereocenters. The van der Waals surface area contributed by atoms with Crippen LogP contribution in [0.5, 0.6) is 5.75 Å². The van der Waals surface area contributed by atoms with E-state index in [2.05, 4.69) is 20.6 Å². The van der Waals surface area contributed by atoms with Crippen LogP contribution >= 0.6 is 11.3 Å². The van der Waals surface area contributed by atoms with Crippen LogP contribution in [-0.4, -0.2) is 15.9 Å². The number of pyridine rings is 1. The molecule has 2 aromatic heterocycles. The Labute approximate surface area is 219 Å². The molecule has 5 aromatic rings. The van der Waals surface area contributed by atoms with Crippen molar-refractivity contribution in [1.82, 2.24) is 9.97 Å². The smallest absolute Gasteiger partial charge is 0.248 e. The van der Waals surface area contributed by atoms with E-state index in [1.165, 1.54) is 17.4 Å². The van der Waals surface area contributed by atoms with Crippen LogP contribution in [-0.2, 0) is 11.4 Å². The van der Waals surface area contributed by atoms with Crippen molar-refractivity contribution in [2.24, 2.45) is 0 Å². The third kappa shape index (κ3) is 6.90. The average Bonchev–Trinajstić information content (AvgIpc) is 3.42. The first-order valence-corrected chi connectivity index (χ1v) is 12.6. The standard InChI is InChI=1S/C30H24N4O2S/c35-29(15-8-22-6-13-27(14-7-22)36-20-23-4-2-1-3-5-23)32-25-9-11-26(12-10-25)33-30-34-28(21-37-30)24-16-18-31-19-17-24/h1-19,21H,20H2,(H,32,35)(H,33,34)/b15-8+. The summed E-state index contributed by atoms with van der Waals surface area (Å²) in [6.45, 7) is 0.517. The molecule has 0 aliphatic heterocycles. The molecule has 1 amide bonds. The van der Waals surface area contributed by atoms with Crippen LogP contribution in [0.3, 0.4) is 0 Å². The summed E-state index contributed by atoms with van der Waals surface area (Å²) in [5, 5.41) is 8.98. The van der Waals surface area contributed by atoms with Gasteiger partial charge in [0.15, 0.2) is 5.13 Å². The van der Waals surface area contributed by atoms with Gasteiger partial charge in [-0.1, -0.05) is 42.5 Å². The van der Waals surface area contributed by atoms with Crippen LogP contribution < -0.4 is 15.4 Å². The number of hydrogen-bond donors (Lipinski definition) is 2. The van der Waals surface area contributed by atoms with Crippen LogP contribution in [0, 0.1) is 0 Å². The van der Waals surface area contributed by atoms with Crippen molar-refractivity contribution in [3.63, 3.8) is 0 Å². The monoisotopic (exact) mass is 504 g/mol. The first-order valence-electron chi connectivity index (χ1n) is 11.7. The molecule has 2 N–H and O–H groups in total. The Morgan fingerprint density at radius 3 is 2.35 bits per heavy atom. The lowest BCUT2D eigenvalue weighted by molar-refractivity contribution is -0.111. The minimum atomic E-state index is -0.202. The number of benzene rings is 3. The Hall–Kier alpha value is -4.75. The second-order valence-electron chi connectivity index (χ2n) is 8.14. The van der Waals surface area contributed by atoms with Gasteiger partial charge in [0.2, 0.25) is 5.91 Å². The molecule has 37 heavy (non-hydrogen) atoms. The number of carbonyl (C=O) groups is 1. The number of carbonyl (C=O) groups excluding carboxylic acids is 1. The molecule has 0 radical (unpaired) electrons. The summed E-state index contributed by atoms with van der Waals surface area (Å²) in [5.74, 6) is 0.581. The highest BCUT2D eigenvalue weighted by Gasteiger charge is 2.05. The fourth-order valence-corrected chi connectivity index (χ4v) is 4.26. The summed E-state index contributed by atoms with van der Waals surface area (Å²) in [6, 6.07) is 29.0. The molecule has 6 nitrogen and oxygen atoms in total. The van der Waals surface area contributed by atoms with Gasteiger partial charge in [-0.3, -0.25) is 9.78 Å². The number of thiazole rings is 1. The van der Waals surface area contributed by atoms with E-state index >= 15 is 0 Å². The van der Waals surface area contributed by atoms with E-state index in [1.54, 1.807) is 18.5 Å². The van der Waals surface area contributed by atoms with Crippen LogP contribution in [0.1, 0.15) is 11.1 Å². The largest absolute Gasteiger partial charge is 0.489 e. The molecule has 7 heteroatoms. The van der Waals surface area contributed by atoms with Gasteiger partial charge in [0.1, 0.15) is 12.4 Å². The maximum atomic E-state index is 12.4. The fourth-order valence-electron chi connectivity index (χ4n) is 3.52. The highest BCUT2D eigenvalue weighted by molar-refractivity contribution is 7.14. The SMILES string of the molecule is O=C(/C=C/c1ccc(OCc2ccccc2)cc1)Nc1ccc(Nc2nc(-c3ccncc3)cs2)cc1. The van der Waals surface area contributed by atoms with E-state index in [1.807, 2.05) is 96.4 Å². The molecule has 0 spiro atoms. The summed E-state index contributed by atoms with van der Waals surface area (Å²) in [5.41, 5.74) is 5.56. The number of nitrogens with zero attached hydrogens (tertiary/aromatic N) is 2. The van der Waals surface area contributed by atoms with Crippen molar-refractivity contribution in [3.05, 3.63) is 126 Å². The Morgan fingerprint density at radius 2 is 1.59 bits per heavy atom. The Kier molecular flexibility index (Phi) is 7.64. The van der Waals surface area contributed by atoms with Gasteiger partial charge in [0.05, 0.1) is 5.69 Å². The maximum Gasteiger partial charge on any atom is 0.248 e. The molecule has 2 heterocycles. The predicted molar refractivity (Wildman–Crippen MR) is 150 cm³/mol. The van der Waals surface area contributed by atoms with Gasteiger partial charge in [-0.25, -0.2) is 4.98 Å². The van der Waals surface area contributed by atoms with Gasteiger partial charge in [0.25, 0.3) is 0 Å². The number of hydrogen-bond acceptors (Lipinski definition) is 6. The predicted octanol–water partition coefficient (Wildman–Crippen LogP) is 7.18. The van der Waals surface area contributed by atoms with Gasteiger partial charge in [0, 0.05) is 40.8 Å². The van der Waals surface area contributed by atoms with Crippen molar-refractivity contribution in [2.75, 3.05) is 10.6 Å². The lowest BCUT2D eigenvalue weighted by atomic mass is 10.2. The molecular formula is C30H24N4O2S. The summed E-state index contributed by atoms with van der Waals surface area (Å²) >= 11 is 1.53. The quantitative estimate of drug-likeness (QED) is 0.208. The van der Waals surface area contributed by atoms with Gasteiger partial charge < -0.3 is 15.4 Å². The van der Waals surface area contributed by atoms with Crippen LogP contribution in [0.25, 0.3) is 17.3 Å². The number of nitrogens with one attached hydrogen (secondary N) is 2. The third-order valence-corrected chi connectivity index (χ3v) is 6.20. The second kappa shape index (κ2) is 11.8. The summed E-state index contributed by atoms with van der Waals surface area (Å²) in [6.07, 6.45) is 6.79. The highest BCUT2D eigenvalue weighted by Crippen LogP contribution is 2.27. The normalized spacial score (nSPS) is 10.8. The zero-order valence-corrected chi connectivity index (χ0v) is 20.7. The van der Waals surface area contributed by atoms with Gasteiger partial charge in [-0.2, -0.15) is 0 Å². The number of amides is 1. The van der Waals surface area contributed by atoms with Crippen molar-refractivity contribution < 1.29 is 9.53 Å². The zero-order chi connectivity index (χ0) is 25.3. The first-order chi connectivity index (χ1) is 18.2. The van der Waals surface area contributed by atoms with Crippen molar-refractivity contribution >= 4 is 39.8 Å². The lowest BCUT2D eigenvalue weighted by Crippen LogP contribution is -2.07. The van der Waals surface area contributed by atoms with Gasteiger partial charge in [-0.05, 0) is 65.7 Å². The highest BCUT2D eigenvalue weighted by atomic mass is 32.1. The molecule has 0 saturated heterocycles. The van der Waals surface area contributed by atoms with E-state index in [4.69, 9.17) is 4.74 Å². The Balaban J connectivity index is 1.11. The third-order valence-electron chi connectivity index (χ3n) is 5.44. The molecular weight excluding hydrogens is 480 g/mol. The van der Waals surface area contributed by atoms with Crippen LogP contribution in [0.4, 0.5) is 16.5 Å². The fraction of sp³-hybridized carbons (Fsp3) is 0.0333. The van der Waals surface area contributed by atoms with Crippen molar-refractivity contribution in [2.45, 2.75) is 6.61 Å². The molecule has 0 bridgehead atoms. The van der Waals surface area contributed by atoms with Crippen molar-refractivity contribution in [1.29, 1.82) is 0 Å². The van der Waals surface area contributed by atoms with E-state index in [9.17, 15) is 4.79 Å². The summed E-state index contributed by atoms with van der Waals surface area (Å²) in [4.78, 5) is 21.0. The molecule has 182 valence electrons. The maximum absolute atomic E-state index is 12.4. The summed E-state index contributed by atoms with van der Waals surface area (Å²) in [7, 11) is 0. The topological polar surface area (TPSA) is 76.1 Å². The molecule has 0 aliphatic rings. The van der Waals surface area contributed by atoms with Crippen LogP contribution in [0.15, 0.2) is 115 Å². The van der Waals surface area contributed by atoms with E-state index < -0.39 is 0 Å². The van der Waals surface area contributed by atoms with Gasteiger partial charge in [-0.15, -0.1) is 11.3 Å². The first kappa shape index (κ1) is 24.0. The van der Waals surface area contributed by atoms with E-state index in [-0.39, 0.29) is 5.91 Å². The number of anilines is 3. The van der Waals surface area contributed by atoms with Gasteiger partial charge >= 0.3 is 0 Å². The van der Waals surface area contributed by atoms with E-state index in [0.29, 0.717) is 12.3 Å². The zero-order valence-electron chi connectivity index (χ0n) is 19.9. The summed E-state index contributed by atoms with van der Waals surface area (Å²) < 4.78 is 5.81. The van der Waals surface area contributed by atoms with E-state index in [0.717, 1.165) is 39.0 Å². The molecule has 0 fully saturated rings. The minimum Gasteiger partial charge on any atom is -0.489 e. The molecule has 0 saturated carbocycles. The second-order valence-corrected chi connectivity index (χ2v) is 9.00. The molecule has 0 aliphatic carbocycles. The molecule has 3 aromatic carbocycles. The molecule has 5 rings (SSSR count). The number of aromatic nitrogens is 2. The van der Waals surface area contributed by atoms with Crippen molar-refractivity contribution in [3.8, 4) is 17.0 Å². The Bertz CT molecular complexity index is 1470.